The van der Waals surface area contributed by atoms with E-state index < -0.39 is 41.7 Å². The summed E-state index contributed by atoms with van der Waals surface area (Å²) in [4.78, 5) is 45.4. The van der Waals surface area contributed by atoms with Crippen molar-refractivity contribution in [3.8, 4) is 0 Å². The third-order valence-corrected chi connectivity index (χ3v) is 5.26. The summed E-state index contributed by atoms with van der Waals surface area (Å²) in [7, 11) is 0. The molecule has 0 radical (unpaired) electrons. The minimum Gasteiger partial charge on any atom is -0.550 e. The van der Waals surface area contributed by atoms with Gasteiger partial charge in [-0.2, -0.15) is 0 Å². The Morgan fingerprint density at radius 3 is 2.41 bits per heavy atom. The van der Waals surface area contributed by atoms with Crippen LogP contribution in [0, 0.1) is 10.1 Å². The second-order valence-corrected chi connectivity index (χ2v) is 7.79. The second-order valence-electron chi connectivity index (χ2n) is 5.68. The smallest absolute Gasteiger partial charge is 0.269 e. The lowest BCUT2D eigenvalue weighted by molar-refractivity contribution is -0.384. The Morgan fingerprint density at radius 1 is 1.28 bits per heavy atom. The van der Waals surface area contributed by atoms with E-state index in [2.05, 4.69) is 0 Å². The molecule has 12 heteroatoms. The highest BCUT2D eigenvalue weighted by atomic mass is 35.5. The Labute approximate surface area is 178 Å². The number of nitro groups is 1. The molecule has 1 saturated heterocycles. The predicted molar refractivity (Wildman–Crippen MR) is 105 cm³/mol. The van der Waals surface area contributed by atoms with Crippen LogP contribution in [0.1, 0.15) is 18.4 Å². The highest BCUT2D eigenvalue weighted by Crippen LogP contribution is 2.35. The highest BCUT2D eigenvalue weighted by molar-refractivity contribution is 8.26. The van der Waals surface area contributed by atoms with Gasteiger partial charge in [0.1, 0.15) is 4.32 Å². The molecule has 0 saturated carbocycles. The molecule has 1 amide bonds. The zero-order valence-electron chi connectivity index (χ0n) is 14.4. The summed E-state index contributed by atoms with van der Waals surface area (Å²) in [6.45, 7) is 0. The van der Waals surface area contributed by atoms with Crippen LogP contribution >= 0.6 is 35.6 Å². The molecule has 0 unspecified atom stereocenters. The SMILES string of the molecule is O=C([O-])CC[C@@H](C(=O)[O-])N1C(=O)/C(=C/C(Cl)=C/c2ccc([N+](=O)[O-])cc2)SC1=S. The van der Waals surface area contributed by atoms with E-state index in [1.54, 1.807) is 0 Å². The number of rotatable bonds is 8. The lowest BCUT2D eigenvalue weighted by Crippen LogP contribution is -2.50. The third-order valence-electron chi connectivity index (χ3n) is 3.71. The van der Waals surface area contributed by atoms with Gasteiger partial charge in [-0.1, -0.05) is 35.6 Å². The van der Waals surface area contributed by atoms with Gasteiger partial charge < -0.3 is 19.8 Å². The van der Waals surface area contributed by atoms with Gasteiger partial charge in [0.2, 0.25) is 0 Å². The highest BCUT2D eigenvalue weighted by Gasteiger charge is 2.37. The zero-order chi connectivity index (χ0) is 21.7. The molecule has 0 aromatic heterocycles. The Balaban J connectivity index is 2.22. The molecular formula is C17H11ClN2O7S2-2. The van der Waals surface area contributed by atoms with Crippen molar-refractivity contribution in [1.29, 1.82) is 0 Å². The van der Waals surface area contributed by atoms with Gasteiger partial charge in [0.05, 0.1) is 21.8 Å². The number of thioether (sulfide) groups is 1. The summed E-state index contributed by atoms with van der Waals surface area (Å²) < 4.78 is -0.0754. The number of nitro benzene ring substituents is 1. The molecular weight excluding hydrogens is 444 g/mol. The van der Waals surface area contributed by atoms with Crippen molar-refractivity contribution < 1.29 is 29.5 Å². The third kappa shape index (κ3) is 5.86. The fraction of sp³-hybridized carbons (Fsp3) is 0.176. The molecule has 29 heavy (non-hydrogen) atoms. The van der Waals surface area contributed by atoms with Gasteiger partial charge >= 0.3 is 0 Å². The Bertz CT molecular complexity index is 944. The molecule has 0 aliphatic carbocycles. The summed E-state index contributed by atoms with van der Waals surface area (Å²) in [6.07, 6.45) is 1.71. The molecule has 1 fully saturated rings. The Hall–Kier alpha value is -2.76. The van der Waals surface area contributed by atoms with Crippen LogP contribution in [-0.2, 0) is 14.4 Å². The summed E-state index contributed by atoms with van der Waals surface area (Å²) in [5, 5.41) is 32.7. The first-order chi connectivity index (χ1) is 13.6. The summed E-state index contributed by atoms with van der Waals surface area (Å²) in [5.41, 5.74) is 0.443. The standard InChI is InChI=1S/C17H13ClN2O7S2/c18-10(7-9-1-3-11(4-2-9)20(26)27)8-13-15(23)19(17(28)29-13)12(16(24)25)5-6-14(21)22/h1-4,7-8,12H,5-6H2,(H,21,22)(H,24,25)/p-2/b10-7-,13-8-/t12-/m0/s1. The van der Waals surface area contributed by atoms with Crippen molar-refractivity contribution in [1.82, 2.24) is 4.90 Å². The zero-order valence-corrected chi connectivity index (χ0v) is 16.8. The molecule has 1 heterocycles. The topological polar surface area (TPSA) is 144 Å². The van der Waals surface area contributed by atoms with Crippen LogP contribution < -0.4 is 10.2 Å². The fourth-order valence-electron chi connectivity index (χ4n) is 2.37. The van der Waals surface area contributed by atoms with Crippen LogP contribution in [0.25, 0.3) is 6.08 Å². The average molecular weight is 455 g/mol. The number of carboxylic acid groups (broad SMARTS) is 2. The molecule has 1 aromatic rings. The Morgan fingerprint density at radius 2 is 1.90 bits per heavy atom. The van der Waals surface area contributed by atoms with Crippen molar-refractivity contribution in [2.24, 2.45) is 0 Å². The molecule has 1 atom stereocenters. The van der Waals surface area contributed by atoms with Crippen molar-refractivity contribution >= 4 is 69.5 Å². The molecule has 9 nitrogen and oxygen atoms in total. The van der Waals surface area contributed by atoms with E-state index in [0.717, 1.165) is 16.7 Å². The number of aliphatic carboxylic acids is 2. The number of halogens is 1. The second kappa shape index (κ2) is 9.63. The van der Waals surface area contributed by atoms with E-state index in [1.165, 1.54) is 36.4 Å². The number of hydrogen-bond donors (Lipinski definition) is 0. The van der Waals surface area contributed by atoms with Crippen LogP contribution in [0.3, 0.4) is 0 Å². The largest absolute Gasteiger partial charge is 0.550 e. The molecule has 1 aromatic carbocycles. The molecule has 0 spiro atoms. The number of carbonyl (C=O) groups is 3. The van der Waals surface area contributed by atoms with Crippen LogP contribution in [0.15, 0.2) is 40.3 Å². The van der Waals surface area contributed by atoms with E-state index in [0.29, 0.717) is 5.56 Å². The summed E-state index contributed by atoms with van der Waals surface area (Å²) >= 11 is 12.0. The lowest BCUT2D eigenvalue weighted by Gasteiger charge is -2.27. The lowest BCUT2D eigenvalue weighted by atomic mass is 10.1. The maximum absolute atomic E-state index is 12.5. The monoisotopic (exact) mass is 454 g/mol. The van der Waals surface area contributed by atoms with Gasteiger partial charge in [-0.25, -0.2) is 0 Å². The number of hydrogen-bond acceptors (Lipinski definition) is 9. The number of allylic oxidation sites excluding steroid dienone is 2. The van der Waals surface area contributed by atoms with Crippen molar-refractivity contribution in [3.05, 3.63) is 56.0 Å². The van der Waals surface area contributed by atoms with Crippen molar-refractivity contribution in [2.45, 2.75) is 18.9 Å². The van der Waals surface area contributed by atoms with E-state index in [9.17, 15) is 34.7 Å². The number of benzene rings is 1. The summed E-state index contributed by atoms with van der Waals surface area (Å²) in [6, 6.07) is 3.95. The van der Waals surface area contributed by atoms with Crippen LogP contribution in [0.4, 0.5) is 5.69 Å². The van der Waals surface area contributed by atoms with E-state index in [-0.39, 0.29) is 19.9 Å². The number of carboxylic acids is 2. The molecule has 1 aliphatic heterocycles. The number of amides is 1. The minimum absolute atomic E-state index is 0.0397. The number of carbonyl (C=O) groups excluding carboxylic acids is 3. The van der Waals surface area contributed by atoms with Crippen LogP contribution in [0.5, 0.6) is 0 Å². The molecule has 152 valence electrons. The maximum atomic E-state index is 12.5. The average Bonchev–Trinajstić information content (AvgIpc) is 2.89. The first kappa shape index (κ1) is 22.5. The van der Waals surface area contributed by atoms with E-state index in [1.807, 2.05) is 0 Å². The van der Waals surface area contributed by atoms with Crippen LogP contribution in [-0.4, -0.2) is 38.0 Å². The van der Waals surface area contributed by atoms with E-state index in [4.69, 9.17) is 23.8 Å². The molecule has 0 N–H and O–H groups in total. The van der Waals surface area contributed by atoms with Gasteiger partial charge in [-0.3, -0.25) is 19.8 Å². The first-order valence-corrected chi connectivity index (χ1v) is 9.50. The number of thiocarbonyl (C=S) groups is 1. The summed E-state index contributed by atoms with van der Waals surface area (Å²) in [5.74, 6) is -3.86. The van der Waals surface area contributed by atoms with Crippen molar-refractivity contribution in [2.75, 3.05) is 0 Å². The number of nitrogens with zero attached hydrogens (tertiary/aromatic N) is 2. The van der Waals surface area contributed by atoms with Gasteiger partial charge in [0.15, 0.2) is 0 Å². The van der Waals surface area contributed by atoms with Crippen LogP contribution in [0.2, 0.25) is 0 Å². The van der Waals surface area contributed by atoms with Gasteiger partial charge in [0.25, 0.3) is 11.6 Å². The number of non-ortho nitro benzene ring substituents is 1. The molecule has 0 bridgehead atoms. The fourth-order valence-corrected chi connectivity index (χ4v) is 4.02. The molecule has 2 rings (SSSR count). The first-order valence-electron chi connectivity index (χ1n) is 7.89. The quantitative estimate of drug-likeness (QED) is 0.238. The Kier molecular flexibility index (Phi) is 7.48. The van der Waals surface area contributed by atoms with Gasteiger partial charge in [-0.05, 0) is 42.7 Å². The van der Waals surface area contributed by atoms with Crippen molar-refractivity contribution in [3.63, 3.8) is 0 Å². The van der Waals surface area contributed by atoms with Gasteiger partial charge in [-0.15, -0.1) is 0 Å². The normalized spacial score (nSPS) is 16.9. The van der Waals surface area contributed by atoms with E-state index >= 15 is 0 Å². The molecule has 1 aliphatic rings. The maximum Gasteiger partial charge on any atom is 0.269 e. The predicted octanol–water partition coefficient (Wildman–Crippen LogP) is 0.567. The van der Waals surface area contributed by atoms with Gasteiger partial charge in [0, 0.05) is 23.1 Å². The minimum atomic E-state index is -1.64.